The van der Waals surface area contributed by atoms with E-state index in [2.05, 4.69) is 10.2 Å². The predicted octanol–water partition coefficient (Wildman–Crippen LogP) is 5.65. The molecule has 0 saturated carbocycles. The number of para-hydroxylation sites is 1. The first kappa shape index (κ1) is 24.6. The largest absolute Gasteiger partial charge is 0.494 e. The SMILES string of the molecule is CCCOc1ccc(C(=O)Nc2cccc(Cl)c2N2CCN(C(=O)c3ccc(C)cc3)CC2)cc1. The molecule has 7 heteroatoms. The van der Waals surface area contributed by atoms with Gasteiger partial charge in [-0.25, -0.2) is 0 Å². The zero-order chi connectivity index (χ0) is 24.8. The zero-order valence-corrected chi connectivity index (χ0v) is 20.8. The monoisotopic (exact) mass is 491 g/mol. The van der Waals surface area contributed by atoms with Crippen molar-refractivity contribution in [2.45, 2.75) is 20.3 Å². The van der Waals surface area contributed by atoms with Crippen LogP contribution in [0.4, 0.5) is 11.4 Å². The highest BCUT2D eigenvalue weighted by Crippen LogP contribution is 2.35. The molecule has 35 heavy (non-hydrogen) atoms. The van der Waals surface area contributed by atoms with Crippen molar-refractivity contribution in [2.75, 3.05) is 43.0 Å². The molecule has 4 rings (SSSR count). The fourth-order valence-corrected chi connectivity index (χ4v) is 4.36. The summed E-state index contributed by atoms with van der Waals surface area (Å²) in [6, 6.07) is 20.2. The van der Waals surface area contributed by atoms with Crippen LogP contribution >= 0.6 is 11.6 Å². The van der Waals surface area contributed by atoms with E-state index in [0.717, 1.165) is 23.4 Å². The molecule has 1 aliphatic rings. The van der Waals surface area contributed by atoms with Crippen molar-refractivity contribution in [3.8, 4) is 5.75 Å². The lowest BCUT2D eigenvalue weighted by Gasteiger charge is -2.37. The number of anilines is 2. The van der Waals surface area contributed by atoms with Crippen LogP contribution in [-0.4, -0.2) is 49.5 Å². The van der Waals surface area contributed by atoms with Gasteiger partial charge in [0.1, 0.15) is 5.75 Å². The van der Waals surface area contributed by atoms with Crippen molar-refractivity contribution in [1.82, 2.24) is 4.90 Å². The van der Waals surface area contributed by atoms with Gasteiger partial charge in [0.15, 0.2) is 0 Å². The number of nitrogens with zero attached hydrogens (tertiary/aromatic N) is 2. The normalized spacial score (nSPS) is 13.5. The Morgan fingerprint density at radius 2 is 1.57 bits per heavy atom. The molecule has 1 N–H and O–H groups in total. The lowest BCUT2D eigenvalue weighted by molar-refractivity contribution is 0.0746. The number of hydrogen-bond donors (Lipinski definition) is 1. The lowest BCUT2D eigenvalue weighted by Crippen LogP contribution is -2.49. The van der Waals surface area contributed by atoms with E-state index in [1.165, 1.54) is 0 Å². The number of rotatable bonds is 7. The van der Waals surface area contributed by atoms with Gasteiger partial charge in [-0.2, -0.15) is 0 Å². The fraction of sp³-hybridized carbons (Fsp3) is 0.286. The molecule has 1 saturated heterocycles. The summed E-state index contributed by atoms with van der Waals surface area (Å²) in [6.07, 6.45) is 0.925. The Labute approximate surface area is 211 Å². The van der Waals surface area contributed by atoms with Crippen molar-refractivity contribution >= 4 is 34.8 Å². The van der Waals surface area contributed by atoms with Gasteiger partial charge in [0.05, 0.1) is 23.0 Å². The molecule has 0 aliphatic carbocycles. The number of aryl methyl sites for hydroxylation is 1. The second-order valence-corrected chi connectivity index (χ2v) is 9.02. The number of halogens is 1. The number of amides is 2. The van der Waals surface area contributed by atoms with Gasteiger partial charge >= 0.3 is 0 Å². The first-order chi connectivity index (χ1) is 17.0. The second-order valence-electron chi connectivity index (χ2n) is 8.61. The van der Waals surface area contributed by atoms with Crippen LogP contribution in [0.5, 0.6) is 5.75 Å². The van der Waals surface area contributed by atoms with Crippen molar-refractivity contribution in [3.05, 3.63) is 88.4 Å². The van der Waals surface area contributed by atoms with Gasteiger partial charge in [-0.1, -0.05) is 42.3 Å². The fourth-order valence-electron chi connectivity index (χ4n) is 4.07. The molecule has 0 spiro atoms. The van der Waals surface area contributed by atoms with Crippen LogP contribution < -0.4 is 15.0 Å². The number of carbonyl (C=O) groups excluding carboxylic acids is 2. The number of benzene rings is 3. The van der Waals surface area contributed by atoms with Gasteiger partial charge in [0.25, 0.3) is 11.8 Å². The summed E-state index contributed by atoms with van der Waals surface area (Å²) in [6.45, 7) is 7.08. The first-order valence-corrected chi connectivity index (χ1v) is 12.3. The molecule has 1 aliphatic heterocycles. The molecule has 6 nitrogen and oxygen atoms in total. The molecule has 0 unspecified atom stereocenters. The van der Waals surface area contributed by atoms with Gasteiger partial charge in [0.2, 0.25) is 0 Å². The molecular formula is C28H30ClN3O3. The minimum atomic E-state index is -0.219. The van der Waals surface area contributed by atoms with Crippen molar-refractivity contribution in [1.29, 1.82) is 0 Å². The summed E-state index contributed by atoms with van der Waals surface area (Å²) in [5.41, 5.74) is 3.77. The van der Waals surface area contributed by atoms with Crippen LogP contribution in [0, 0.1) is 6.92 Å². The second kappa shape index (κ2) is 11.3. The third kappa shape index (κ3) is 5.95. The lowest BCUT2D eigenvalue weighted by atomic mass is 10.1. The van der Waals surface area contributed by atoms with E-state index in [1.54, 1.807) is 24.3 Å². The highest BCUT2D eigenvalue weighted by atomic mass is 35.5. The Kier molecular flexibility index (Phi) is 7.93. The van der Waals surface area contributed by atoms with Crippen molar-refractivity contribution < 1.29 is 14.3 Å². The Balaban J connectivity index is 1.43. The standard InChI is InChI=1S/C28H30ClN3O3/c1-3-19-35-23-13-11-21(12-14-23)27(33)30-25-6-4-5-24(29)26(25)31-15-17-32(18-16-31)28(34)22-9-7-20(2)8-10-22/h4-14H,3,15-19H2,1-2H3,(H,30,33). The van der Waals surface area contributed by atoms with Gasteiger partial charge < -0.3 is 19.9 Å². The van der Waals surface area contributed by atoms with E-state index in [0.29, 0.717) is 54.6 Å². The molecule has 0 aromatic heterocycles. The van der Waals surface area contributed by atoms with Crippen molar-refractivity contribution in [3.63, 3.8) is 0 Å². The number of piperazine rings is 1. The molecule has 1 fully saturated rings. The Hall–Kier alpha value is -3.51. The van der Waals surface area contributed by atoms with E-state index in [1.807, 2.05) is 61.2 Å². The summed E-state index contributed by atoms with van der Waals surface area (Å²) in [4.78, 5) is 29.8. The Bertz CT molecular complexity index is 1170. The molecule has 0 bridgehead atoms. The van der Waals surface area contributed by atoms with Gasteiger partial charge in [-0.15, -0.1) is 0 Å². The van der Waals surface area contributed by atoms with E-state index < -0.39 is 0 Å². The van der Waals surface area contributed by atoms with Crippen LogP contribution in [0.25, 0.3) is 0 Å². The maximum atomic E-state index is 12.9. The number of nitrogens with one attached hydrogen (secondary N) is 1. The zero-order valence-electron chi connectivity index (χ0n) is 20.1. The maximum Gasteiger partial charge on any atom is 0.255 e. The highest BCUT2D eigenvalue weighted by Gasteiger charge is 2.25. The average Bonchev–Trinajstić information content (AvgIpc) is 2.88. The first-order valence-electron chi connectivity index (χ1n) is 11.9. The quantitative estimate of drug-likeness (QED) is 0.463. The smallest absolute Gasteiger partial charge is 0.255 e. The van der Waals surface area contributed by atoms with E-state index in [4.69, 9.17) is 16.3 Å². The molecule has 1 heterocycles. The minimum absolute atomic E-state index is 0.0312. The minimum Gasteiger partial charge on any atom is -0.494 e. The van der Waals surface area contributed by atoms with Crippen molar-refractivity contribution in [2.24, 2.45) is 0 Å². The van der Waals surface area contributed by atoms with Gasteiger partial charge in [-0.3, -0.25) is 9.59 Å². The van der Waals surface area contributed by atoms with Crippen LogP contribution in [0.1, 0.15) is 39.6 Å². The van der Waals surface area contributed by atoms with E-state index in [-0.39, 0.29) is 11.8 Å². The summed E-state index contributed by atoms with van der Waals surface area (Å²) in [5.74, 6) is 0.553. The third-order valence-corrected chi connectivity index (χ3v) is 6.31. The summed E-state index contributed by atoms with van der Waals surface area (Å²) in [5, 5.41) is 3.57. The summed E-state index contributed by atoms with van der Waals surface area (Å²) < 4.78 is 5.60. The molecule has 3 aromatic carbocycles. The molecule has 3 aromatic rings. The number of carbonyl (C=O) groups is 2. The Morgan fingerprint density at radius 1 is 0.914 bits per heavy atom. The number of hydrogen-bond acceptors (Lipinski definition) is 4. The molecular weight excluding hydrogens is 462 g/mol. The number of ether oxygens (including phenoxy) is 1. The highest BCUT2D eigenvalue weighted by molar-refractivity contribution is 6.34. The summed E-state index contributed by atoms with van der Waals surface area (Å²) >= 11 is 6.58. The van der Waals surface area contributed by atoms with E-state index in [9.17, 15) is 9.59 Å². The molecule has 182 valence electrons. The predicted molar refractivity (Wildman–Crippen MR) is 141 cm³/mol. The molecule has 2 amide bonds. The van der Waals surface area contributed by atoms with E-state index >= 15 is 0 Å². The van der Waals surface area contributed by atoms with Crippen LogP contribution in [0.3, 0.4) is 0 Å². The van der Waals surface area contributed by atoms with Crippen LogP contribution in [-0.2, 0) is 0 Å². The van der Waals surface area contributed by atoms with Gasteiger partial charge in [-0.05, 0) is 61.9 Å². The summed E-state index contributed by atoms with van der Waals surface area (Å²) in [7, 11) is 0. The molecule has 0 radical (unpaired) electrons. The van der Waals surface area contributed by atoms with Crippen LogP contribution in [0.15, 0.2) is 66.7 Å². The van der Waals surface area contributed by atoms with Gasteiger partial charge in [0, 0.05) is 37.3 Å². The topological polar surface area (TPSA) is 61.9 Å². The third-order valence-electron chi connectivity index (χ3n) is 6.01. The maximum absolute atomic E-state index is 12.9. The Morgan fingerprint density at radius 3 is 2.23 bits per heavy atom. The average molecular weight is 492 g/mol. The molecule has 0 atom stereocenters. The van der Waals surface area contributed by atoms with Crippen LogP contribution in [0.2, 0.25) is 5.02 Å².